The van der Waals surface area contributed by atoms with Crippen molar-refractivity contribution in [2.24, 2.45) is 0 Å². The summed E-state index contributed by atoms with van der Waals surface area (Å²) in [4.78, 5) is 2.45. The van der Waals surface area contributed by atoms with Gasteiger partial charge in [0.25, 0.3) is 0 Å². The van der Waals surface area contributed by atoms with Gasteiger partial charge in [-0.3, -0.25) is 0 Å². The van der Waals surface area contributed by atoms with Crippen LogP contribution in [0.2, 0.25) is 0 Å². The molecule has 0 bridgehead atoms. The summed E-state index contributed by atoms with van der Waals surface area (Å²) >= 11 is 0. The van der Waals surface area contributed by atoms with E-state index in [1.807, 2.05) is 25.1 Å². The molecule has 20 heavy (non-hydrogen) atoms. The Kier molecular flexibility index (Phi) is 5.44. The third-order valence-electron chi connectivity index (χ3n) is 4.31. The summed E-state index contributed by atoms with van der Waals surface area (Å²) in [6, 6.07) is 6.59. The highest BCUT2D eigenvalue weighted by molar-refractivity contribution is 5.36. The number of aliphatic hydroxyl groups excluding tert-OH is 1. The lowest BCUT2D eigenvalue weighted by atomic mass is 10.0. The Morgan fingerprint density at radius 3 is 2.85 bits per heavy atom. The predicted octanol–water partition coefficient (Wildman–Crippen LogP) is 3.30. The molecule has 1 aliphatic heterocycles. The Morgan fingerprint density at radius 1 is 1.40 bits per heavy atom. The molecule has 0 aliphatic carbocycles. The molecule has 1 N–H and O–H groups in total. The van der Waals surface area contributed by atoms with Crippen LogP contribution in [0.4, 0.5) is 0 Å². The number of likely N-dealkylation sites (tertiary alicyclic amines) is 1. The minimum Gasteiger partial charge on any atom is -0.493 e. The average Bonchev–Trinajstić information content (AvgIpc) is 2.42. The largest absolute Gasteiger partial charge is 0.493 e. The summed E-state index contributed by atoms with van der Waals surface area (Å²) in [6.07, 6.45) is 4.64. The van der Waals surface area contributed by atoms with E-state index in [0.717, 1.165) is 29.9 Å². The van der Waals surface area contributed by atoms with Crippen LogP contribution in [-0.4, -0.2) is 36.2 Å². The van der Waals surface area contributed by atoms with Crippen molar-refractivity contribution in [1.82, 2.24) is 4.90 Å². The van der Waals surface area contributed by atoms with Gasteiger partial charge in [-0.1, -0.05) is 12.5 Å². The molecule has 112 valence electrons. The lowest BCUT2D eigenvalue weighted by Crippen LogP contribution is -2.37. The molecule has 3 nitrogen and oxygen atoms in total. The predicted molar refractivity (Wildman–Crippen MR) is 82.2 cm³/mol. The third-order valence-corrected chi connectivity index (χ3v) is 4.31. The fourth-order valence-corrected chi connectivity index (χ4v) is 2.91. The van der Waals surface area contributed by atoms with Gasteiger partial charge in [-0.25, -0.2) is 0 Å². The summed E-state index contributed by atoms with van der Waals surface area (Å²) in [5.41, 5.74) is 2.04. The van der Waals surface area contributed by atoms with E-state index >= 15 is 0 Å². The molecule has 1 heterocycles. The average molecular weight is 277 g/mol. The molecular weight excluding hydrogens is 250 g/mol. The lowest BCUT2D eigenvalue weighted by molar-refractivity contribution is 0.153. The topological polar surface area (TPSA) is 32.7 Å². The van der Waals surface area contributed by atoms with E-state index in [0.29, 0.717) is 6.04 Å². The van der Waals surface area contributed by atoms with Gasteiger partial charge in [-0.05, 0) is 70.0 Å². The minimum absolute atomic E-state index is 0.418. The number of benzene rings is 1. The van der Waals surface area contributed by atoms with Crippen molar-refractivity contribution in [1.29, 1.82) is 0 Å². The van der Waals surface area contributed by atoms with Crippen LogP contribution in [0.3, 0.4) is 0 Å². The standard InChI is InChI=1S/C17H27NO2/c1-13-12-15(14(2)19)7-8-17(13)20-11-9-16-6-4-5-10-18(16)3/h7-8,12,14,16,19H,4-6,9-11H2,1-3H3. The maximum Gasteiger partial charge on any atom is 0.122 e. The van der Waals surface area contributed by atoms with Gasteiger partial charge in [0.15, 0.2) is 0 Å². The Balaban J connectivity index is 1.84. The Labute approximate surface area is 122 Å². The van der Waals surface area contributed by atoms with E-state index in [9.17, 15) is 5.11 Å². The zero-order chi connectivity index (χ0) is 14.5. The number of aryl methyl sites for hydroxylation is 1. The van der Waals surface area contributed by atoms with Crippen molar-refractivity contribution < 1.29 is 9.84 Å². The maximum absolute atomic E-state index is 9.57. The summed E-state index contributed by atoms with van der Waals surface area (Å²) < 4.78 is 5.91. The summed E-state index contributed by atoms with van der Waals surface area (Å²) in [7, 11) is 2.21. The first kappa shape index (κ1) is 15.3. The molecular formula is C17H27NO2. The Bertz CT molecular complexity index is 431. The normalized spacial score (nSPS) is 21.7. The van der Waals surface area contributed by atoms with Crippen LogP contribution < -0.4 is 4.74 Å². The van der Waals surface area contributed by atoms with Crippen molar-refractivity contribution in [2.75, 3.05) is 20.2 Å². The van der Waals surface area contributed by atoms with Crippen LogP contribution >= 0.6 is 0 Å². The van der Waals surface area contributed by atoms with Crippen LogP contribution in [0, 0.1) is 6.92 Å². The molecule has 1 aromatic rings. The Morgan fingerprint density at radius 2 is 2.20 bits per heavy atom. The number of piperidine rings is 1. The number of aliphatic hydroxyl groups is 1. The van der Waals surface area contributed by atoms with Crippen LogP contribution in [0.25, 0.3) is 0 Å². The van der Waals surface area contributed by atoms with Crippen LogP contribution in [-0.2, 0) is 0 Å². The number of rotatable bonds is 5. The van der Waals surface area contributed by atoms with Crippen molar-refractivity contribution in [3.8, 4) is 5.75 Å². The summed E-state index contributed by atoms with van der Waals surface area (Å²) in [5, 5.41) is 9.57. The van der Waals surface area contributed by atoms with Gasteiger partial charge in [0.2, 0.25) is 0 Å². The van der Waals surface area contributed by atoms with Crippen molar-refractivity contribution >= 4 is 0 Å². The SMILES string of the molecule is Cc1cc(C(C)O)ccc1OCCC1CCCCN1C. The molecule has 1 aliphatic rings. The number of hydrogen-bond donors (Lipinski definition) is 1. The summed E-state index contributed by atoms with van der Waals surface area (Å²) in [5.74, 6) is 0.938. The molecule has 3 heteroatoms. The molecule has 2 rings (SSSR count). The van der Waals surface area contributed by atoms with Crippen LogP contribution in [0.5, 0.6) is 5.75 Å². The molecule has 0 saturated carbocycles. The second kappa shape index (κ2) is 7.09. The molecule has 0 aromatic heterocycles. The molecule has 2 atom stereocenters. The molecule has 0 amide bonds. The molecule has 1 saturated heterocycles. The smallest absolute Gasteiger partial charge is 0.122 e. The number of hydrogen-bond acceptors (Lipinski definition) is 3. The van der Waals surface area contributed by atoms with Gasteiger partial charge in [-0.15, -0.1) is 0 Å². The van der Waals surface area contributed by atoms with Gasteiger partial charge >= 0.3 is 0 Å². The fourth-order valence-electron chi connectivity index (χ4n) is 2.91. The van der Waals surface area contributed by atoms with Gasteiger partial charge in [-0.2, -0.15) is 0 Å². The lowest BCUT2D eigenvalue weighted by Gasteiger charge is -2.32. The van der Waals surface area contributed by atoms with Gasteiger partial charge in [0.05, 0.1) is 12.7 Å². The molecule has 1 aromatic carbocycles. The van der Waals surface area contributed by atoms with E-state index in [2.05, 4.69) is 11.9 Å². The van der Waals surface area contributed by atoms with Gasteiger partial charge in [0, 0.05) is 6.04 Å². The van der Waals surface area contributed by atoms with E-state index in [4.69, 9.17) is 4.74 Å². The number of nitrogens with zero attached hydrogens (tertiary/aromatic N) is 1. The van der Waals surface area contributed by atoms with Crippen LogP contribution in [0.15, 0.2) is 18.2 Å². The van der Waals surface area contributed by atoms with Crippen molar-refractivity contribution in [3.05, 3.63) is 29.3 Å². The fraction of sp³-hybridized carbons (Fsp3) is 0.647. The first-order valence-corrected chi connectivity index (χ1v) is 7.69. The van der Waals surface area contributed by atoms with E-state index < -0.39 is 6.10 Å². The second-order valence-corrected chi connectivity index (χ2v) is 5.97. The molecule has 1 fully saturated rings. The van der Waals surface area contributed by atoms with Crippen molar-refractivity contribution in [3.63, 3.8) is 0 Å². The van der Waals surface area contributed by atoms with Crippen molar-refractivity contribution in [2.45, 2.75) is 51.7 Å². The van der Waals surface area contributed by atoms with Gasteiger partial charge < -0.3 is 14.7 Å². The first-order valence-electron chi connectivity index (χ1n) is 7.69. The highest BCUT2D eigenvalue weighted by Gasteiger charge is 2.18. The zero-order valence-corrected chi connectivity index (χ0v) is 12.9. The maximum atomic E-state index is 9.57. The quantitative estimate of drug-likeness (QED) is 0.896. The first-order chi connectivity index (χ1) is 9.58. The molecule has 2 unspecified atom stereocenters. The third kappa shape index (κ3) is 3.97. The van der Waals surface area contributed by atoms with Crippen LogP contribution in [0.1, 0.15) is 49.8 Å². The van der Waals surface area contributed by atoms with E-state index in [-0.39, 0.29) is 0 Å². The monoisotopic (exact) mass is 277 g/mol. The summed E-state index contributed by atoms with van der Waals surface area (Å²) in [6.45, 7) is 5.80. The minimum atomic E-state index is -0.418. The van der Waals surface area contributed by atoms with E-state index in [1.54, 1.807) is 6.92 Å². The highest BCUT2D eigenvalue weighted by atomic mass is 16.5. The Hall–Kier alpha value is -1.06. The highest BCUT2D eigenvalue weighted by Crippen LogP contribution is 2.24. The second-order valence-electron chi connectivity index (χ2n) is 5.97. The molecule has 0 spiro atoms. The molecule has 0 radical (unpaired) electrons. The van der Waals surface area contributed by atoms with Gasteiger partial charge in [0.1, 0.15) is 5.75 Å². The zero-order valence-electron chi connectivity index (χ0n) is 12.9. The number of ether oxygens (including phenoxy) is 1. The van der Waals surface area contributed by atoms with E-state index in [1.165, 1.54) is 25.8 Å².